The molecule has 0 aliphatic rings. The zero-order chi connectivity index (χ0) is 35.7. The Kier molecular flexibility index (Phi) is 40.3. The highest BCUT2D eigenvalue weighted by atomic mass is 16.3. The summed E-state index contributed by atoms with van der Waals surface area (Å²) in [5.74, 6) is -0.0716. The fourth-order valence-electron chi connectivity index (χ4n) is 6.78. The smallest absolute Gasteiger partial charge is 0.220 e. The normalized spacial score (nSPS) is 13.1. The van der Waals surface area contributed by atoms with Crippen LogP contribution in [-0.4, -0.2) is 34.9 Å². The summed E-state index contributed by atoms with van der Waals surface area (Å²) in [6, 6.07) is -0.633. The average molecular weight is 690 g/mol. The Bertz CT molecular complexity index is 705. The van der Waals surface area contributed by atoms with Crippen LogP contribution >= 0.6 is 0 Å². The summed E-state index contributed by atoms with van der Waals surface area (Å²) >= 11 is 0. The first-order chi connectivity index (χ1) is 24.2. The number of amides is 1. The molecule has 0 saturated heterocycles. The van der Waals surface area contributed by atoms with E-state index in [0.29, 0.717) is 6.42 Å². The zero-order valence-corrected chi connectivity index (χ0v) is 33.2. The summed E-state index contributed by atoms with van der Waals surface area (Å²) < 4.78 is 0. The second-order valence-corrected chi connectivity index (χ2v) is 15.1. The number of rotatable bonds is 40. The Labute approximate surface area is 307 Å². The third-order valence-electron chi connectivity index (χ3n) is 10.2. The molecule has 0 aliphatic heterocycles. The molecule has 290 valence electrons. The topological polar surface area (TPSA) is 69.6 Å². The third-order valence-corrected chi connectivity index (χ3v) is 10.2. The van der Waals surface area contributed by atoms with E-state index in [1.54, 1.807) is 6.08 Å². The number of aliphatic hydroxyl groups excluding tert-OH is 2. The monoisotopic (exact) mass is 690 g/mol. The molecule has 2 unspecified atom stereocenters. The van der Waals surface area contributed by atoms with Crippen LogP contribution in [0.5, 0.6) is 0 Å². The molecule has 0 heterocycles. The Morgan fingerprint density at radius 3 is 1.18 bits per heavy atom. The molecule has 0 aliphatic carbocycles. The molecular weight excluding hydrogens is 602 g/mol. The fourth-order valence-corrected chi connectivity index (χ4v) is 6.78. The number of hydrogen-bond acceptors (Lipinski definition) is 3. The van der Waals surface area contributed by atoms with Crippen LogP contribution in [0.2, 0.25) is 0 Å². The molecule has 4 nitrogen and oxygen atoms in total. The summed E-state index contributed by atoms with van der Waals surface area (Å²) in [7, 11) is 0. The van der Waals surface area contributed by atoms with Gasteiger partial charge in [-0.05, 0) is 32.1 Å². The molecule has 49 heavy (non-hydrogen) atoms. The van der Waals surface area contributed by atoms with E-state index in [4.69, 9.17) is 0 Å². The minimum absolute atomic E-state index is 0.0716. The molecule has 3 N–H and O–H groups in total. The maximum atomic E-state index is 12.3. The molecule has 0 saturated carbocycles. The van der Waals surface area contributed by atoms with Gasteiger partial charge in [0.1, 0.15) is 0 Å². The zero-order valence-electron chi connectivity index (χ0n) is 33.2. The van der Waals surface area contributed by atoms with Crippen molar-refractivity contribution in [1.29, 1.82) is 0 Å². The number of carbonyl (C=O) groups excluding carboxylic acids is 1. The van der Waals surface area contributed by atoms with Crippen molar-refractivity contribution in [3.05, 3.63) is 24.3 Å². The van der Waals surface area contributed by atoms with Gasteiger partial charge in [0.05, 0.1) is 18.8 Å². The predicted molar refractivity (Wildman–Crippen MR) is 216 cm³/mol. The van der Waals surface area contributed by atoms with E-state index in [-0.39, 0.29) is 12.5 Å². The Balaban J connectivity index is 3.46. The fraction of sp³-hybridized carbons (Fsp3) is 0.889. The molecule has 0 spiro atoms. The number of hydrogen-bond donors (Lipinski definition) is 3. The van der Waals surface area contributed by atoms with Crippen LogP contribution in [0.25, 0.3) is 0 Å². The van der Waals surface area contributed by atoms with Crippen molar-refractivity contribution in [2.45, 2.75) is 251 Å². The Hall–Kier alpha value is -1.13. The summed E-state index contributed by atoms with van der Waals surface area (Å²) in [6.45, 7) is 4.28. The van der Waals surface area contributed by atoms with Crippen molar-refractivity contribution in [2.75, 3.05) is 6.61 Å². The number of unbranched alkanes of at least 4 members (excludes halogenated alkanes) is 31. The molecular formula is C45H87NO3. The van der Waals surface area contributed by atoms with Gasteiger partial charge in [0.15, 0.2) is 0 Å². The van der Waals surface area contributed by atoms with E-state index in [0.717, 1.165) is 32.1 Å². The summed E-state index contributed by atoms with van der Waals surface area (Å²) in [6.07, 6.45) is 53.0. The van der Waals surface area contributed by atoms with E-state index in [1.807, 2.05) is 6.08 Å². The van der Waals surface area contributed by atoms with Crippen LogP contribution in [0.4, 0.5) is 0 Å². The van der Waals surface area contributed by atoms with Gasteiger partial charge < -0.3 is 15.5 Å². The molecule has 0 bridgehead atoms. The van der Waals surface area contributed by atoms with E-state index in [2.05, 4.69) is 31.3 Å². The standard InChI is InChI=1S/C45H87NO3/c1-3-5-7-9-11-13-15-16-17-18-19-20-21-22-23-24-25-26-27-28-29-31-33-35-37-39-41-45(49)46-43(42-47)44(48)40-38-36-34-32-30-14-12-10-8-6-4-2/h30,32,38,40,43-44,47-48H,3-29,31,33-37,39,41-42H2,1-2H3,(H,46,49)/b32-30+,40-38+. The molecule has 0 aromatic rings. The minimum atomic E-state index is -0.856. The number of nitrogens with one attached hydrogen (secondary N) is 1. The van der Waals surface area contributed by atoms with Gasteiger partial charge in [0, 0.05) is 6.42 Å². The highest BCUT2D eigenvalue weighted by Crippen LogP contribution is 2.16. The molecule has 0 aromatic carbocycles. The predicted octanol–water partition coefficient (Wildman–Crippen LogP) is 13.6. The highest BCUT2D eigenvalue weighted by molar-refractivity contribution is 5.76. The van der Waals surface area contributed by atoms with Gasteiger partial charge in [0.2, 0.25) is 5.91 Å². The number of allylic oxidation sites excluding steroid dienone is 3. The second-order valence-electron chi connectivity index (χ2n) is 15.1. The lowest BCUT2D eigenvalue weighted by atomic mass is 10.0. The largest absolute Gasteiger partial charge is 0.394 e. The van der Waals surface area contributed by atoms with Gasteiger partial charge in [0.25, 0.3) is 0 Å². The van der Waals surface area contributed by atoms with Gasteiger partial charge in [-0.3, -0.25) is 4.79 Å². The summed E-state index contributed by atoms with van der Waals surface area (Å²) in [5, 5.41) is 22.9. The molecule has 0 fully saturated rings. The first-order valence-corrected chi connectivity index (χ1v) is 22.1. The summed E-state index contributed by atoms with van der Waals surface area (Å²) in [5.41, 5.74) is 0. The van der Waals surface area contributed by atoms with Crippen LogP contribution in [-0.2, 0) is 4.79 Å². The van der Waals surface area contributed by atoms with Crippen molar-refractivity contribution in [1.82, 2.24) is 5.32 Å². The Morgan fingerprint density at radius 1 is 0.469 bits per heavy atom. The van der Waals surface area contributed by atoms with E-state index < -0.39 is 12.1 Å². The molecule has 4 heteroatoms. The van der Waals surface area contributed by atoms with Gasteiger partial charge in [-0.1, -0.05) is 224 Å². The molecule has 0 rings (SSSR count). The highest BCUT2D eigenvalue weighted by Gasteiger charge is 2.17. The first-order valence-electron chi connectivity index (χ1n) is 22.1. The average Bonchev–Trinajstić information content (AvgIpc) is 3.10. The van der Waals surface area contributed by atoms with E-state index in [1.165, 1.54) is 186 Å². The molecule has 0 radical (unpaired) electrons. The van der Waals surface area contributed by atoms with Crippen molar-refractivity contribution in [3.63, 3.8) is 0 Å². The van der Waals surface area contributed by atoms with Gasteiger partial charge in [-0.15, -0.1) is 0 Å². The maximum Gasteiger partial charge on any atom is 0.220 e. The lowest BCUT2D eigenvalue weighted by Crippen LogP contribution is -2.45. The van der Waals surface area contributed by atoms with Crippen LogP contribution in [0, 0.1) is 0 Å². The maximum absolute atomic E-state index is 12.3. The second kappa shape index (κ2) is 41.3. The number of aliphatic hydroxyl groups is 2. The van der Waals surface area contributed by atoms with E-state index in [9.17, 15) is 15.0 Å². The van der Waals surface area contributed by atoms with Gasteiger partial charge >= 0.3 is 0 Å². The van der Waals surface area contributed by atoms with E-state index >= 15 is 0 Å². The minimum Gasteiger partial charge on any atom is -0.394 e. The first kappa shape index (κ1) is 47.9. The molecule has 2 atom stereocenters. The summed E-state index contributed by atoms with van der Waals surface area (Å²) in [4.78, 5) is 12.3. The van der Waals surface area contributed by atoms with Crippen LogP contribution < -0.4 is 5.32 Å². The lowest BCUT2D eigenvalue weighted by Gasteiger charge is -2.19. The third kappa shape index (κ3) is 37.9. The lowest BCUT2D eigenvalue weighted by molar-refractivity contribution is -0.123. The van der Waals surface area contributed by atoms with Crippen LogP contribution in [0.3, 0.4) is 0 Å². The van der Waals surface area contributed by atoms with Gasteiger partial charge in [-0.25, -0.2) is 0 Å². The van der Waals surface area contributed by atoms with Crippen molar-refractivity contribution in [3.8, 4) is 0 Å². The quantitative estimate of drug-likeness (QED) is 0.0443. The van der Waals surface area contributed by atoms with Gasteiger partial charge in [-0.2, -0.15) is 0 Å². The van der Waals surface area contributed by atoms with Crippen LogP contribution in [0.1, 0.15) is 239 Å². The van der Waals surface area contributed by atoms with Crippen LogP contribution in [0.15, 0.2) is 24.3 Å². The SMILES string of the molecule is CCCCCCC/C=C/CC/C=C/C(O)C(CO)NC(=O)CCCCCCCCCCCCCCCCCCCCCCCCCCCC. The molecule has 0 aromatic heterocycles. The van der Waals surface area contributed by atoms with Crippen molar-refractivity contribution in [2.24, 2.45) is 0 Å². The van der Waals surface area contributed by atoms with Crippen molar-refractivity contribution < 1.29 is 15.0 Å². The number of carbonyl (C=O) groups is 1. The molecule has 1 amide bonds. The van der Waals surface area contributed by atoms with Crippen molar-refractivity contribution >= 4 is 5.91 Å². The Morgan fingerprint density at radius 2 is 0.796 bits per heavy atom.